The van der Waals surface area contributed by atoms with Crippen molar-refractivity contribution in [2.45, 2.75) is 13.0 Å². The molecular formula is C15H22N4O3. The first-order valence-corrected chi connectivity index (χ1v) is 7.71. The molecule has 3 heterocycles. The van der Waals surface area contributed by atoms with Crippen molar-refractivity contribution in [1.29, 1.82) is 0 Å². The van der Waals surface area contributed by atoms with Gasteiger partial charge in [-0.1, -0.05) is 6.92 Å². The van der Waals surface area contributed by atoms with Gasteiger partial charge in [-0.05, 0) is 12.0 Å². The molecular weight excluding hydrogens is 284 g/mol. The molecule has 1 aromatic rings. The average molecular weight is 306 g/mol. The number of aryl methyl sites for hydroxylation is 1. The second kappa shape index (κ2) is 6.18. The molecule has 2 aliphatic rings. The molecule has 0 bridgehead atoms. The fourth-order valence-corrected chi connectivity index (χ4v) is 3.28. The number of amides is 1. The van der Waals surface area contributed by atoms with Gasteiger partial charge in [-0.3, -0.25) is 14.5 Å². The van der Waals surface area contributed by atoms with Gasteiger partial charge in [0.15, 0.2) is 0 Å². The van der Waals surface area contributed by atoms with Crippen LogP contribution in [0.1, 0.15) is 17.4 Å². The van der Waals surface area contributed by atoms with Crippen molar-refractivity contribution in [3.05, 3.63) is 28.2 Å². The Hall–Kier alpha value is -1.73. The van der Waals surface area contributed by atoms with Gasteiger partial charge in [0.2, 0.25) is 0 Å². The number of likely N-dealkylation sites (tertiary alicyclic amines) is 1. The predicted octanol–water partition coefficient (Wildman–Crippen LogP) is -0.427. The summed E-state index contributed by atoms with van der Waals surface area (Å²) in [6.07, 6.45) is 0. The molecule has 2 aliphatic heterocycles. The van der Waals surface area contributed by atoms with Crippen molar-refractivity contribution in [1.82, 2.24) is 19.6 Å². The minimum Gasteiger partial charge on any atom is -0.379 e. The zero-order chi connectivity index (χ0) is 15.7. The minimum atomic E-state index is -0.211. The zero-order valence-corrected chi connectivity index (χ0v) is 13.1. The maximum atomic E-state index is 12.6. The Morgan fingerprint density at radius 1 is 1.27 bits per heavy atom. The van der Waals surface area contributed by atoms with Crippen molar-refractivity contribution < 1.29 is 9.53 Å². The van der Waals surface area contributed by atoms with Gasteiger partial charge in [-0.25, -0.2) is 4.68 Å². The third kappa shape index (κ3) is 2.91. The molecule has 1 aromatic heterocycles. The molecule has 3 rings (SSSR count). The third-order valence-electron chi connectivity index (χ3n) is 4.55. The van der Waals surface area contributed by atoms with E-state index in [1.165, 1.54) is 16.8 Å². The number of ether oxygens (including phenoxy) is 1. The molecule has 0 saturated carbocycles. The molecule has 0 N–H and O–H groups in total. The van der Waals surface area contributed by atoms with Gasteiger partial charge in [-0.15, -0.1) is 0 Å². The van der Waals surface area contributed by atoms with Crippen LogP contribution in [-0.4, -0.2) is 70.9 Å². The van der Waals surface area contributed by atoms with Crippen LogP contribution in [0.2, 0.25) is 0 Å². The molecule has 22 heavy (non-hydrogen) atoms. The van der Waals surface area contributed by atoms with Crippen LogP contribution in [0, 0.1) is 5.92 Å². The number of rotatable bonds is 2. The summed E-state index contributed by atoms with van der Waals surface area (Å²) in [6, 6.07) is 3.27. The van der Waals surface area contributed by atoms with E-state index in [-0.39, 0.29) is 11.5 Å². The highest BCUT2D eigenvalue weighted by Gasteiger charge is 2.37. The normalized spacial score (nSPS) is 26.4. The van der Waals surface area contributed by atoms with Gasteiger partial charge in [0.05, 0.1) is 13.2 Å². The molecule has 0 spiro atoms. The molecule has 0 unspecified atom stereocenters. The first kappa shape index (κ1) is 15.2. The van der Waals surface area contributed by atoms with Crippen LogP contribution in [0.5, 0.6) is 0 Å². The highest BCUT2D eigenvalue weighted by atomic mass is 16.5. The van der Waals surface area contributed by atoms with Crippen LogP contribution in [0.15, 0.2) is 16.9 Å². The molecule has 120 valence electrons. The summed E-state index contributed by atoms with van der Waals surface area (Å²) in [5.74, 6) is 0.327. The maximum Gasteiger partial charge on any atom is 0.274 e. The molecule has 0 aliphatic carbocycles. The largest absolute Gasteiger partial charge is 0.379 e. The van der Waals surface area contributed by atoms with Gasteiger partial charge >= 0.3 is 0 Å². The van der Waals surface area contributed by atoms with Crippen LogP contribution >= 0.6 is 0 Å². The number of carbonyl (C=O) groups is 1. The second-order valence-electron chi connectivity index (χ2n) is 6.08. The third-order valence-corrected chi connectivity index (χ3v) is 4.55. The summed E-state index contributed by atoms with van der Waals surface area (Å²) in [5, 5.41) is 4.06. The smallest absolute Gasteiger partial charge is 0.274 e. The van der Waals surface area contributed by atoms with Crippen LogP contribution in [0.25, 0.3) is 0 Å². The first-order valence-electron chi connectivity index (χ1n) is 7.71. The molecule has 7 heteroatoms. The first-order chi connectivity index (χ1) is 10.6. The van der Waals surface area contributed by atoms with E-state index in [1.54, 1.807) is 7.05 Å². The van der Waals surface area contributed by atoms with Crippen LogP contribution in [0.4, 0.5) is 0 Å². The van der Waals surface area contributed by atoms with E-state index in [1.807, 2.05) is 4.90 Å². The Balaban J connectivity index is 1.71. The lowest BCUT2D eigenvalue weighted by Crippen LogP contribution is -2.47. The molecule has 0 aromatic carbocycles. The summed E-state index contributed by atoms with van der Waals surface area (Å²) < 4.78 is 6.60. The molecule has 0 radical (unpaired) electrons. The fourth-order valence-electron chi connectivity index (χ4n) is 3.28. The van der Waals surface area contributed by atoms with Crippen molar-refractivity contribution in [2.24, 2.45) is 13.0 Å². The Morgan fingerprint density at radius 3 is 2.68 bits per heavy atom. The number of nitrogens with zero attached hydrogens (tertiary/aromatic N) is 4. The standard InChI is InChI=1S/C15H22N4O3/c1-11-9-19(10-13(11)18-5-7-22-8-6-18)15(21)12-3-4-14(20)17(2)16-12/h3-4,11,13H,5-10H2,1-2H3/t11-,13-/m0/s1. The zero-order valence-electron chi connectivity index (χ0n) is 13.1. The summed E-state index contributed by atoms with van der Waals surface area (Å²) in [5.41, 5.74) is 0.120. The van der Waals surface area contributed by atoms with E-state index in [4.69, 9.17) is 4.74 Å². The number of hydrogen-bond acceptors (Lipinski definition) is 5. The molecule has 2 atom stereocenters. The SMILES string of the molecule is C[C@H]1CN(C(=O)c2ccc(=O)n(C)n2)C[C@@H]1N1CCOCC1. The topological polar surface area (TPSA) is 67.7 Å². The lowest BCUT2D eigenvalue weighted by Gasteiger charge is -2.33. The highest BCUT2D eigenvalue weighted by molar-refractivity contribution is 5.92. The number of morpholine rings is 1. The Morgan fingerprint density at radius 2 is 2.00 bits per heavy atom. The molecule has 7 nitrogen and oxygen atoms in total. The minimum absolute atomic E-state index is 0.0989. The van der Waals surface area contributed by atoms with E-state index < -0.39 is 0 Å². The van der Waals surface area contributed by atoms with E-state index >= 15 is 0 Å². The molecule has 2 saturated heterocycles. The van der Waals surface area contributed by atoms with Gasteiger partial charge in [-0.2, -0.15) is 5.10 Å². The molecule has 2 fully saturated rings. The van der Waals surface area contributed by atoms with E-state index in [2.05, 4.69) is 16.9 Å². The van der Waals surface area contributed by atoms with Gasteiger partial charge in [0, 0.05) is 45.3 Å². The van der Waals surface area contributed by atoms with Crippen molar-refractivity contribution in [3.63, 3.8) is 0 Å². The van der Waals surface area contributed by atoms with E-state index in [0.29, 0.717) is 24.2 Å². The maximum absolute atomic E-state index is 12.6. The quantitative estimate of drug-likeness (QED) is 0.742. The van der Waals surface area contributed by atoms with Gasteiger partial charge < -0.3 is 9.64 Å². The van der Waals surface area contributed by atoms with Crippen LogP contribution in [-0.2, 0) is 11.8 Å². The summed E-state index contributed by atoms with van der Waals surface area (Å²) in [7, 11) is 1.56. The predicted molar refractivity (Wildman–Crippen MR) is 80.7 cm³/mol. The summed E-state index contributed by atoms with van der Waals surface area (Å²) in [6.45, 7) is 7.00. The summed E-state index contributed by atoms with van der Waals surface area (Å²) >= 11 is 0. The fraction of sp³-hybridized carbons (Fsp3) is 0.667. The van der Waals surface area contributed by atoms with E-state index in [0.717, 1.165) is 32.8 Å². The Bertz CT molecular complexity index is 609. The van der Waals surface area contributed by atoms with Gasteiger partial charge in [0.25, 0.3) is 11.5 Å². The van der Waals surface area contributed by atoms with E-state index in [9.17, 15) is 9.59 Å². The van der Waals surface area contributed by atoms with Gasteiger partial charge in [0.1, 0.15) is 5.69 Å². The lowest BCUT2D eigenvalue weighted by molar-refractivity contribution is 0.0119. The monoisotopic (exact) mass is 306 g/mol. The number of hydrogen-bond donors (Lipinski definition) is 0. The Kier molecular flexibility index (Phi) is 4.26. The van der Waals surface area contributed by atoms with Crippen molar-refractivity contribution in [3.8, 4) is 0 Å². The Labute approximate surface area is 129 Å². The number of aromatic nitrogens is 2. The van der Waals surface area contributed by atoms with Crippen LogP contribution < -0.4 is 5.56 Å². The highest BCUT2D eigenvalue weighted by Crippen LogP contribution is 2.23. The van der Waals surface area contributed by atoms with Crippen molar-refractivity contribution in [2.75, 3.05) is 39.4 Å². The lowest BCUT2D eigenvalue weighted by atomic mass is 10.0. The molecule has 1 amide bonds. The second-order valence-corrected chi connectivity index (χ2v) is 6.08. The van der Waals surface area contributed by atoms with Crippen LogP contribution in [0.3, 0.4) is 0 Å². The van der Waals surface area contributed by atoms with Crippen molar-refractivity contribution >= 4 is 5.91 Å². The number of carbonyl (C=O) groups excluding carboxylic acids is 1. The summed E-state index contributed by atoms with van der Waals surface area (Å²) in [4.78, 5) is 28.2. The average Bonchev–Trinajstić information content (AvgIpc) is 2.92.